The smallest absolute Gasteiger partial charge is 0.323 e. The lowest BCUT2D eigenvalue weighted by molar-refractivity contribution is -0.156. The zero-order valence-corrected chi connectivity index (χ0v) is 8.33. The summed E-state index contributed by atoms with van der Waals surface area (Å²) in [4.78, 5) is 11.2. The molecule has 0 saturated carbocycles. The van der Waals surface area contributed by atoms with Gasteiger partial charge in [-0.15, -0.1) is 0 Å². The van der Waals surface area contributed by atoms with Crippen molar-refractivity contribution in [1.29, 1.82) is 5.26 Å². The number of carbonyl (C=O) groups is 1. The SMILES string of the molecule is CC(C)(C)OC(=O)C(N)CCC#N. The summed E-state index contributed by atoms with van der Waals surface area (Å²) in [6, 6.07) is 1.25. The van der Waals surface area contributed by atoms with Crippen molar-refractivity contribution in [3.05, 3.63) is 0 Å². The minimum atomic E-state index is -0.682. The van der Waals surface area contributed by atoms with Crippen LogP contribution in [0.25, 0.3) is 0 Å². The van der Waals surface area contributed by atoms with Gasteiger partial charge >= 0.3 is 5.97 Å². The first-order valence-corrected chi connectivity index (χ1v) is 4.22. The third kappa shape index (κ3) is 6.12. The van der Waals surface area contributed by atoms with Crippen LogP contribution < -0.4 is 5.73 Å². The summed E-state index contributed by atoms with van der Waals surface area (Å²) in [5, 5.41) is 8.27. The van der Waals surface area contributed by atoms with Crippen LogP contribution in [-0.2, 0) is 9.53 Å². The Morgan fingerprint density at radius 2 is 2.15 bits per heavy atom. The van der Waals surface area contributed by atoms with Crippen LogP contribution in [0.5, 0.6) is 0 Å². The highest BCUT2D eigenvalue weighted by molar-refractivity contribution is 5.75. The van der Waals surface area contributed by atoms with E-state index in [-0.39, 0.29) is 6.42 Å². The van der Waals surface area contributed by atoms with Crippen molar-refractivity contribution in [1.82, 2.24) is 0 Å². The van der Waals surface area contributed by atoms with E-state index in [2.05, 4.69) is 0 Å². The van der Waals surface area contributed by atoms with Gasteiger partial charge < -0.3 is 10.5 Å². The molecule has 0 aromatic carbocycles. The zero-order chi connectivity index (χ0) is 10.5. The van der Waals surface area contributed by atoms with Crippen LogP contribution >= 0.6 is 0 Å². The predicted molar refractivity (Wildman–Crippen MR) is 48.7 cm³/mol. The van der Waals surface area contributed by atoms with Crippen molar-refractivity contribution in [2.24, 2.45) is 5.73 Å². The molecule has 1 unspecified atom stereocenters. The van der Waals surface area contributed by atoms with E-state index >= 15 is 0 Å². The number of carbonyl (C=O) groups excluding carboxylic acids is 1. The number of hydrogen-bond acceptors (Lipinski definition) is 4. The summed E-state index contributed by atoms with van der Waals surface area (Å²) in [5.41, 5.74) is 4.97. The maximum absolute atomic E-state index is 11.2. The second-order valence-electron chi connectivity index (χ2n) is 3.84. The van der Waals surface area contributed by atoms with Gasteiger partial charge in [0.25, 0.3) is 0 Å². The Kier molecular flexibility index (Phi) is 4.43. The topological polar surface area (TPSA) is 76.1 Å². The summed E-state index contributed by atoms with van der Waals surface area (Å²) in [7, 11) is 0. The number of nitriles is 1. The number of esters is 1. The molecule has 0 fully saturated rings. The van der Waals surface area contributed by atoms with Gasteiger partial charge in [-0.25, -0.2) is 0 Å². The lowest BCUT2D eigenvalue weighted by Crippen LogP contribution is -2.37. The Bertz CT molecular complexity index is 213. The molecule has 4 nitrogen and oxygen atoms in total. The molecule has 2 N–H and O–H groups in total. The van der Waals surface area contributed by atoms with Crippen LogP contribution in [0, 0.1) is 11.3 Å². The highest BCUT2D eigenvalue weighted by atomic mass is 16.6. The number of nitrogens with zero attached hydrogens (tertiary/aromatic N) is 1. The maximum Gasteiger partial charge on any atom is 0.323 e. The molecule has 74 valence electrons. The lowest BCUT2D eigenvalue weighted by atomic mass is 10.1. The van der Waals surface area contributed by atoms with Gasteiger partial charge in [0.1, 0.15) is 11.6 Å². The molecule has 0 radical (unpaired) electrons. The van der Waals surface area contributed by atoms with Crippen molar-refractivity contribution in [3.8, 4) is 6.07 Å². The summed E-state index contributed by atoms with van der Waals surface area (Å²) < 4.78 is 5.02. The fraction of sp³-hybridized carbons (Fsp3) is 0.778. The Balaban J connectivity index is 3.91. The molecule has 13 heavy (non-hydrogen) atoms. The number of rotatable bonds is 3. The maximum atomic E-state index is 11.2. The summed E-state index contributed by atoms with van der Waals surface area (Å²) >= 11 is 0. The molecular formula is C9H16N2O2. The normalized spacial score (nSPS) is 13.2. The molecule has 0 heterocycles. The van der Waals surface area contributed by atoms with Crippen LogP contribution in [0.3, 0.4) is 0 Å². The van der Waals surface area contributed by atoms with E-state index < -0.39 is 17.6 Å². The van der Waals surface area contributed by atoms with E-state index in [4.69, 9.17) is 15.7 Å². The van der Waals surface area contributed by atoms with Crippen LogP contribution in [0.4, 0.5) is 0 Å². The fourth-order valence-corrected chi connectivity index (χ4v) is 0.715. The molecule has 4 heteroatoms. The molecule has 0 amide bonds. The van der Waals surface area contributed by atoms with Crippen LogP contribution in [0.15, 0.2) is 0 Å². The molecule has 0 aliphatic rings. The average Bonchev–Trinajstić information content (AvgIpc) is 1.96. The standard InChI is InChI=1S/C9H16N2O2/c1-9(2,3)13-8(12)7(11)5-4-6-10/h7H,4-5,11H2,1-3H3. The van der Waals surface area contributed by atoms with E-state index in [9.17, 15) is 4.79 Å². The van der Waals surface area contributed by atoms with Crippen molar-refractivity contribution in [2.45, 2.75) is 45.3 Å². The molecule has 0 aliphatic heterocycles. The fourth-order valence-electron chi connectivity index (χ4n) is 0.715. The van der Waals surface area contributed by atoms with Crippen LogP contribution in [0.2, 0.25) is 0 Å². The van der Waals surface area contributed by atoms with E-state index in [0.717, 1.165) is 0 Å². The van der Waals surface area contributed by atoms with Gasteiger partial charge in [-0.3, -0.25) is 4.79 Å². The third-order valence-corrected chi connectivity index (χ3v) is 1.28. The number of nitrogens with two attached hydrogens (primary N) is 1. The van der Waals surface area contributed by atoms with Gasteiger partial charge in [-0.1, -0.05) is 0 Å². The largest absolute Gasteiger partial charge is 0.459 e. The minimum absolute atomic E-state index is 0.278. The Morgan fingerprint density at radius 1 is 1.62 bits per heavy atom. The summed E-state index contributed by atoms with van der Waals surface area (Å²) in [6.45, 7) is 5.34. The van der Waals surface area contributed by atoms with Crippen LogP contribution in [-0.4, -0.2) is 17.6 Å². The number of hydrogen-bond donors (Lipinski definition) is 1. The molecule has 1 atom stereocenters. The molecule has 0 bridgehead atoms. The average molecular weight is 184 g/mol. The van der Waals surface area contributed by atoms with Gasteiger partial charge in [0.2, 0.25) is 0 Å². The van der Waals surface area contributed by atoms with E-state index in [0.29, 0.717) is 6.42 Å². The van der Waals surface area contributed by atoms with Gasteiger partial charge in [0.15, 0.2) is 0 Å². The van der Waals surface area contributed by atoms with Gasteiger partial charge in [-0.2, -0.15) is 5.26 Å². The highest BCUT2D eigenvalue weighted by Crippen LogP contribution is 2.09. The Hall–Kier alpha value is -1.08. The van der Waals surface area contributed by atoms with Crippen molar-refractivity contribution >= 4 is 5.97 Å². The quantitative estimate of drug-likeness (QED) is 0.663. The van der Waals surface area contributed by atoms with E-state index in [1.807, 2.05) is 6.07 Å². The van der Waals surface area contributed by atoms with Crippen LogP contribution in [0.1, 0.15) is 33.6 Å². The lowest BCUT2D eigenvalue weighted by Gasteiger charge is -2.21. The predicted octanol–water partition coefficient (Wildman–Crippen LogP) is 0.959. The first-order valence-electron chi connectivity index (χ1n) is 4.22. The molecule has 0 rings (SSSR count). The first-order chi connectivity index (χ1) is 5.87. The Labute approximate surface area is 78.7 Å². The van der Waals surface area contributed by atoms with Gasteiger partial charge in [-0.05, 0) is 27.2 Å². The molecule has 0 aromatic heterocycles. The summed E-state index contributed by atoms with van der Waals surface area (Å²) in [6.07, 6.45) is 0.631. The summed E-state index contributed by atoms with van der Waals surface area (Å²) in [5.74, 6) is -0.442. The molecule has 0 aliphatic carbocycles. The second-order valence-corrected chi connectivity index (χ2v) is 3.84. The monoisotopic (exact) mass is 184 g/mol. The molecule has 0 saturated heterocycles. The number of ether oxygens (including phenoxy) is 1. The second kappa shape index (κ2) is 4.83. The zero-order valence-electron chi connectivity index (χ0n) is 8.33. The first kappa shape index (κ1) is 11.9. The molecule has 0 aromatic rings. The van der Waals surface area contributed by atoms with E-state index in [1.54, 1.807) is 20.8 Å². The molecule has 0 spiro atoms. The van der Waals surface area contributed by atoms with Crippen molar-refractivity contribution < 1.29 is 9.53 Å². The third-order valence-electron chi connectivity index (χ3n) is 1.28. The Morgan fingerprint density at radius 3 is 2.54 bits per heavy atom. The highest BCUT2D eigenvalue weighted by Gasteiger charge is 2.21. The van der Waals surface area contributed by atoms with Crippen molar-refractivity contribution in [3.63, 3.8) is 0 Å². The van der Waals surface area contributed by atoms with Gasteiger partial charge in [0.05, 0.1) is 6.07 Å². The van der Waals surface area contributed by atoms with Crippen molar-refractivity contribution in [2.75, 3.05) is 0 Å². The van der Waals surface area contributed by atoms with Gasteiger partial charge in [0, 0.05) is 6.42 Å². The molecular weight excluding hydrogens is 168 g/mol. The minimum Gasteiger partial charge on any atom is -0.459 e. The van der Waals surface area contributed by atoms with E-state index in [1.165, 1.54) is 0 Å².